The molecule has 0 aliphatic rings. The average Bonchev–Trinajstić information content (AvgIpc) is 2.77. The molecule has 2 rings (SSSR count). The van der Waals surface area contributed by atoms with Crippen LogP contribution in [0.3, 0.4) is 0 Å². The molecule has 0 fully saturated rings. The van der Waals surface area contributed by atoms with Crippen LogP contribution in [0, 0.1) is 0 Å². The van der Waals surface area contributed by atoms with E-state index in [2.05, 4.69) is 5.32 Å². The zero-order valence-corrected chi connectivity index (χ0v) is 18.4. The number of unbranched alkanes of at least 4 members (excludes halogenated alkanes) is 1. The van der Waals surface area contributed by atoms with E-state index < -0.39 is 11.9 Å². The van der Waals surface area contributed by atoms with Crippen molar-refractivity contribution in [2.75, 3.05) is 25.0 Å². The van der Waals surface area contributed by atoms with Gasteiger partial charge in [0.2, 0.25) is 11.8 Å². The molecule has 31 heavy (non-hydrogen) atoms. The smallest absolute Gasteiger partial charge is 0.246 e. The highest BCUT2D eigenvalue weighted by molar-refractivity contribution is 6.31. The lowest BCUT2D eigenvalue weighted by atomic mass is 10.0. The summed E-state index contributed by atoms with van der Waals surface area (Å²) in [6, 6.07) is 13.4. The van der Waals surface area contributed by atoms with Gasteiger partial charge in [0.1, 0.15) is 0 Å². The van der Waals surface area contributed by atoms with Crippen molar-refractivity contribution in [3.05, 3.63) is 64.7 Å². The molecule has 0 radical (unpaired) electrons. The quantitative estimate of drug-likeness (QED) is 0.363. The molecule has 0 heterocycles. The lowest BCUT2D eigenvalue weighted by Gasteiger charge is -2.21. The number of nitrogens with zero attached hydrogens (tertiary/aromatic N) is 1. The second-order valence-corrected chi connectivity index (χ2v) is 7.74. The van der Waals surface area contributed by atoms with Crippen LogP contribution in [0.5, 0.6) is 0 Å². The number of hydrogen-bond acceptors (Lipinski definition) is 5. The SMILES string of the molecule is CN(C(=O)CNC(=O)[C@@H](N)CCCCN)c1ccc(Cl)cc1C(=O)Cc1ccccc1. The summed E-state index contributed by atoms with van der Waals surface area (Å²) < 4.78 is 0. The fraction of sp³-hybridized carbons (Fsp3) is 0.348. The summed E-state index contributed by atoms with van der Waals surface area (Å²) in [5.41, 5.74) is 12.9. The first-order valence-electron chi connectivity index (χ1n) is 10.2. The van der Waals surface area contributed by atoms with Crippen LogP contribution >= 0.6 is 11.6 Å². The number of halogens is 1. The van der Waals surface area contributed by atoms with Crippen molar-refractivity contribution in [3.63, 3.8) is 0 Å². The maximum absolute atomic E-state index is 12.9. The minimum Gasteiger partial charge on any atom is -0.346 e. The molecule has 0 aromatic heterocycles. The fourth-order valence-corrected chi connectivity index (χ4v) is 3.26. The molecule has 166 valence electrons. The third-order valence-corrected chi connectivity index (χ3v) is 5.16. The Balaban J connectivity index is 2.05. The molecule has 0 spiro atoms. The predicted octanol–water partition coefficient (Wildman–Crippen LogP) is 2.30. The predicted molar refractivity (Wildman–Crippen MR) is 123 cm³/mol. The van der Waals surface area contributed by atoms with Gasteiger partial charge in [-0.2, -0.15) is 0 Å². The number of Topliss-reactive ketones (excluding diaryl/α,β-unsaturated/α-hetero) is 1. The number of amides is 2. The molecule has 0 unspecified atom stereocenters. The van der Waals surface area contributed by atoms with Crippen LogP contribution in [-0.2, 0) is 16.0 Å². The number of rotatable bonds is 11. The Morgan fingerprint density at radius 1 is 1.10 bits per heavy atom. The van der Waals surface area contributed by atoms with Gasteiger partial charge in [0.25, 0.3) is 0 Å². The zero-order valence-electron chi connectivity index (χ0n) is 17.6. The van der Waals surface area contributed by atoms with E-state index in [4.69, 9.17) is 23.1 Å². The molecule has 7 nitrogen and oxygen atoms in total. The van der Waals surface area contributed by atoms with E-state index in [9.17, 15) is 14.4 Å². The molecule has 0 saturated carbocycles. The minimum atomic E-state index is -0.691. The largest absolute Gasteiger partial charge is 0.346 e. The number of benzene rings is 2. The molecule has 0 aliphatic heterocycles. The average molecular weight is 445 g/mol. The van der Waals surface area contributed by atoms with Crippen LogP contribution in [-0.4, -0.2) is 43.8 Å². The Morgan fingerprint density at radius 2 is 1.81 bits per heavy atom. The molecule has 8 heteroatoms. The Hall–Kier alpha value is -2.74. The van der Waals surface area contributed by atoms with Crippen LogP contribution in [0.2, 0.25) is 5.02 Å². The molecule has 2 aromatic rings. The fourth-order valence-electron chi connectivity index (χ4n) is 3.09. The van der Waals surface area contributed by atoms with Gasteiger partial charge < -0.3 is 21.7 Å². The third kappa shape index (κ3) is 7.47. The van der Waals surface area contributed by atoms with Gasteiger partial charge in [0, 0.05) is 24.1 Å². The van der Waals surface area contributed by atoms with Crippen molar-refractivity contribution in [3.8, 4) is 0 Å². The third-order valence-electron chi connectivity index (χ3n) is 4.92. The monoisotopic (exact) mass is 444 g/mol. The number of anilines is 1. The van der Waals surface area contributed by atoms with Crippen LogP contribution in [0.25, 0.3) is 0 Å². The van der Waals surface area contributed by atoms with Gasteiger partial charge in [-0.1, -0.05) is 48.4 Å². The van der Waals surface area contributed by atoms with Gasteiger partial charge in [-0.3, -0.25) is 14.4 Å². The summed E-state index contributed by atoms with van der Waals surface area (Å²) in [6.45, 7) is 0.318. The van der Waals surface area contributed by atoms with E-state index >= 15 is 0 Å². The Bertz CT molecular complexity index is 905. The molecular weight excluding hydrogens is 416 g/mol. The van der Waals surface area contributed by atoms with Gasteiger partial charge >= 0.3 is 0 Å². The molecule has 0 bridgehead atoms. The molecule has 2 aromatic carbocycles. The Labute approximate surface area is 187 Å². The topological polar surface area (TPSA) is 119 Å². The van der Waals surface area contributed by atoms with Gasteiger partial charge in [0.05, 0.1) is 18.3 Å². The standard InChI is InChI=1S/C23H29ClN4O3/c1-28(22(30)15-27-23(31)19(26)9-5-6-12-25)20-11-10-17(24)14-18(20)21(29)13-16-7-3-2-4-8-16/h2-4,7-8,10-11,14,19H,5-6,9,12-13,15,25-26H2,1H3,(H,27,31)/t19-/m0/s1. The lowest BCUT2D eigenvalue weighted by Crippen LogP contribution is -2.45. The first kappa shape index (κ1) is 24.5. The van der Waals surface area contributed by atoms with Crippen molar-refractivity contribution in [2.24, 2.45) is 11.5 Å². The van der Waals surface area contributed by atoms with Crippen LogP contribution in [0.1, 0.15) is 35.2 Å². The van der Waals surface area contributed by atoms with E-state index in [1.807, 2.05) is 30.3 Å². The summed E-state index contributed by atoms with van der Waals surface area (Å²) >= 11 is 6.10. The van der Waals surface area contributed by atoms with Gasteiger partial charge in [0.15, 0.2) is 5.78 Å². The summed E-state index contributed by atoms with van der Waals surface area (Å²) in [5.74, 6) is -0.928. The van der Waals surface area contributed by atoms with E-state index in [0.29, 0.717) is 29.2 Å². The maximum Gasteiger partial charge on any atom is 0.246 e. The highest BCUT2D eigenvalue weighted by Crippen LogP contribution is 2.25. The molecule has 1 atom stereocenters. The van der Waals surface area contributed by atoms with Crippen LogP contribution in [0.4, 0.5) is 5.69 Å². The van der Waals surface area contributed by atoms with Gasteiger partial charge in [-0.05, 0) is 43.1 Å². The summed E-state index contributed by atoms with van der Waals surface area (Å²) in [4.78, 5) is 39.0. The zero-order chi connectivity index (χ0) is 22.8. The van der Waals surface area contributed by atoms with Crippen molar-refractivity contribution < 1.29 is 14.4 Å². The number of nitrogens with one attached hydrogen (secondary N) is 1. The molecular formula is C23H29ClN4O3. The van der Waals surface area contributed by atoms with Gasteiger partial charge in [-0.15, -0.1) is 0 Å². The second kappa shape index (κ2) is 12.2. The van der Waals surface area contributed by atoms with Crippen molar-refractivity contribution in [1.82, 2.24) is 5.32 Å². The van der Waals surface area contributed by atoms with E-state index in [1.165, 1.54) is 4.90 Å². The van der Waals surface area contributed by atoms with Crippen LogP contribution < -0.4 is 21.7 Å². The van der Waals surface area contributed by atoms with Crippen molar-refractivity contribution in [2.45, 2.75) is 31.7 Å². The highest BCUT2D eigenvalue weighted by atomic mass is 35.5. The maximum atomic E-state index is 12.9. The number of ketones is 1. The van der Waals surface area contributed by atoms with E-state index in [0.717, 1.165) is 18.4 Å². The Kier molecular flexibility index (Phi) is 9.65. The Morgan fingerprint density at radius 3 is 2.48 bits per heavy atom. The molecule has 2 amide bonds. The van der Waals surface area contributed by atoms with Gasteiger partial charge in [-0.25, -0.2) is 0 Å². The molecule has 5 N–H and O–H groups in total. The number of carbonyl (C=O) groups excluding carboxylic acids is 3. The number of carbonyl (C=O) groups is 3. The summed E-state index contributed by atoms with van der Waals surface area (Å²) in [5, 5.41) is 2.96. The normalized spacial score (nSPS) is 11.6. The highest BCUT2D eigenvalue weighted by Gasteiger charge is 2.21. The van der Waals surface area contributed by atoms with Crippen LogP contribution in [0.15, 0.2) is 48.5 Å². The summed E-state index contributed by atoms with van der Waals surface area (Å²) in [7, 11) is 1.55. The minimum absolute atomic E-state index is 0.158. The number of likely N-dealkylation sites (N-methyl/N-ethyl adjacent to an activating group) is 1. The first-order valence-corrected chi connectivity index (χ1v) is 10.6. The number of hydrogen-bond donors (Lipinski definition) is 3. The molecule has 0 saturated heterocycles. The lowest BCUT2D eigenvalue weighted by molar-refractivity contribution is -0.125. The summed E-state index contributed by atoms with van der Waals surface area (Å²) in [6.07, 6.45) is 2.22. The van der Waals surface area contributed by atoms with Crippen molar-refractivity contribution in [1.29, 1.82) is 0 Å². The van der Waals surface area contributed by atoms with E-state index in [-0.39, 0.29) is 24.7 Å². The second-order valence-electron chi connectivity index (χ2n) is 7.31. The number of nitrogens with two attached hydrogens (primary N) is 2. The molecule has 0 aliphatic carbocycles. The van der Waals surface area contributed by atoms with E-state index in [1.54, 1.807) is 25.2 Å². The van der Waals surface area contributed by atoms with Crippen molar-refractivity contribution >= 4 is 34.9 Å². The first-order chi connectivity index (χ1) is 14.8.